The quantitative estimate of drug-likeness (QED) is 0.125. The summed E-state index contributed by atoms with van der Waals surface area (Å²) in [6.07, 6.45) is -2.36. The van der Waals surface area contributed by atoms with Crippen molar-refractivity contribution in [3.63, 3.8) is 0 Å². The van der Waals surface area contributed by atoms with E-state index in [0.717, 1.165) is 22.9 Å². The first-order valence-corrected chi connectivity index (χ1v) is 21.5. The monoisotopic (exact) mass is 854 g/mol. The lowest BCUT2D eigenvalue weighted by molar-refractivity contribution is -0.295. The Kier molecular flexibility index (Phi) is 15.9. The van der Waals surface area contributed by atoms with Crippen LogP contribution in [0.4, 0.5) is 4.79 Å². The molecule has 3 fully saturated rings. The maximum absolute atomic E-state index is 14.3. The minimum Gasteiger partial charge on any atom is -0.457 e. The molecule has 0 saturated carbocycles. The van der Waals surface area contributed by atoms with Crippen LogP contribution in [0.25, 0.3) is 10.9 Å². The number of Topliss-reactive ketones (excluding diaryl/α,β-unsaturated/α-hetero) is 1. The van der Waals surface area contributed by atoms with E-state index >= 15 is 0 Å². The number of methoxy groups -OCH3 is 1. The molecule has 3 saturated heterocycles. The molecular weight excluding hydrogens is 789 g/mol. The van der Waals surface area contributed by atoms with Crippen molar-refractivity contribution in [3.05, 3.63) is 42.1 Å². The average molecular weight is 855 g/mol. The number of nitrogens with zero attached hydrogens (tertiary/aromatic N) is 3. The minimum atomic E-state index is -1.48. The number of ether oxygens (including phenoxy) is 6. The molecule has 1 aromatic carbocycles. The van der Waals surface area contributed by atoms with Crippen molar-refractivity contribution in [2.24, 2.45) is 28.8 Å². The predicted octanol–water partition coefficient (Wildman–Crippen LogP) is 5.01. The van der Waals surface area contributed by atoms with Gasteiger partial charge in [0, 0.05) is 49.0 Å². The molecule has 16 heteroatoms. The molecule has 0 radical (unpaired) electrons. The molecule has 61 heavy (non-hydrogen) atoms. The van der Waals surface area contributed by atoms with Gasteiger partial charge in [-0.15, -0.1) is 0 Å². The van der Waals surface area contributed by atoms with E-state index in [2.05, 4.69) is 21.5 Å². The van der Waals surface area contributed by atoms with E-state index in [0.29, 0.717) is 25.1 Å². The maximum atomic E-state index is 14.3. The highest BCUT2D eigenvalue weighted by Crippen LogP contribution is 2.42. The van der Waals surface area contributed by atoms with Crippen molar-refractivity contribution in [3.8, 4) is 0 Å². The normalized spacial score (nSPS) is 35.9. The summed E-state index contributed by atoms with van der Waals surface area (Å²) in [5.41, 5.74) is -0.305. The summed E-state index contributed by atoms with van der Waals surface area (Å²) >= 11 is 0. The summed E-state index contributed by atoms with van der Waals surface area (Å²) in [4.78, 5) is 66.2. The number of hydrogen-bond donors (Lipinski definition) is 2. The molecule has 16 nitrogen and oxygen atoms in total. The van der Waals surface area contributed by atoms with Crippen LogP contribution in [-0.4, -0.2) is 133 Å². The Morgan fingerprint density at radius 3 is 2.49 bits per heavy atom. The number of carbonyl (C=O) groups excluding carboxylic acids is 4. The lowest BCUT2D eigenvalue weighted by atomic mass is 9.74. The molecule has 2 aromatic rings. The van der Waals surface area contributed by atoms with Gasteiger partial charge in [0.2, 0.25) is 0 Å². The summed E-state index contributed by atoms with van der Waals surface area (Å²) in [5.74, 6) is -5.10. The fourth-order valence-electron chi connectivity index (χ4n) is 9.25. The lowest BCUT2D eigenvalue weighted by Crippen LogP contribution is -2.59. The molecule has 0 unspecified atom stereocenters. The lowest BCUT2D eigenvalue weighted by Gasteiger charge is -2.47. The number of aryl methyl sites for hydroxylation is 1. The topological polar surface area (TPSA) is 194 Å². The number of ketones is 1. The average Bonchev–Trinajstić information content (AvgIpc) is 3.55. The van der Waals surface area contributed by atoms with E-state index in [-0.39, 0.29) is 30.9 Å². The fraction of sp³-hybridized carbons (Fsp3) is 0.689. The third kappa shape index (κ3) is 10.9. The van der Waals surface area contributed by atoms with Crippen LogP contribution >= 0.6 is 0 Å². The van der Waals surface area contributed by atoms with Gasteiger partial charge in [-0.25, -0.2) is 4.79 Å². The maximum Gasteiger partial charge on any atom is 0.509 e. The first kappa shape index (κ1) is 47.8. The summed E-state index contributed by atoms with van der Waals surface area (Å²) in [6.45, 7) is 13.9. The van der Waals surface area contributed by atoms with Gasteiger partial charge in [0.15, 0.2) is 30.4 Å². The molecule has 0 aliphatic carbocycles. The third-order valence-electron chi connectivity index (χ3n) is 12.8. The summed E-state index contributed by atoms with van der Waals surface area (Å²) in [6, 6.07) is 9.73. The number of esters is 1. The SMILES string of the molecule is CC[C@H]1OC(=O)[C@H](C)C(=O)[C@H](C)[C@@H](O[C@@H]2O[C@H](C)C[C@H](N(C)C)[C@H]2O)[C@@](C)(OC)C[C@@H](C)/C(=N\OCC(=O)NCCCc2ccc3ncccc3c2)[C@H](C)[C@H]2OC(=O)O[C@@]21C. The minimum absolute atomic E-state index is 0.166. The van der Waals surface area contributed by atoms with Crippen LogP contribution in [0.2, 0.25) is 0 Å². The van der Waals surface area contributed by atoms with Gasteiger partial charge in [-0.2, -0.15) is 0 Å². The number of amides is 1. The fourth-order valence-corrected chi connectivity index (χ4v) is 9.25. The molecule has 4 heterocycles. The van der Waals surface area contributed by atoms with E-state index < -0.39 is 90.1 Å². The number of fused-ring (bicyclic) bond motifs is 2. The molecule has 3 aliphatic heterocycles. The molecular formula is C45H66N4O12. The number of aliphatic hydroxyl groups is 1. The number of aromatic nitrogens is 1. The molecule has 13 atom stereocenters. The first-order chi connectivity index (χ1) is 28.8. The van der Waals surface area contributed by atoms with Crippen molar-refractivity contribution in [1.82, 2.24) is 15.2 Å². The van der Waals surface area contributed by atoms with Crippen LogP contribution < -0.4 is 5.32 Å². The number of carbonyl (C=O) groups is 4. The van der Waals surface area contributed by atoms with Crippen LogP contribution in [0.15, 0.2) is 41.7 Å². The number of likely N-dealkylation sites (N-methyl/N-ethyl adjacent to an activating group) is 1. The molecule has 2 N–H and O–H groups in total. The Morgan fingerprint density at radius 1 is 1.07 bits per heavy atom. The molecule has 1 aromatic heterocycles. The first-order valence-electron chi connectivity index (χ1n) is 21.5. The van der Waals surface area contributed by atoms with Crippen molar-refractivity contribution >= 4 is 40.4 Å². The number of oxime groups is 1. The number of nitrogens with one attached hydrogen (secondary N) is 1. The zero-order chi connectivity index (χ0) is 44.8. The number of cyclic esters (lactones) is 1. The molecule has 1 amide bonds. The van der Waals surface area contributed by atoms with Crippen molar-refractivity contribution < 1.29 is 57.5 Å². The Labute approximate surface area is 359 Å². The molecule has 5 rings (SSSR count). The standard InChI is InChI=1S/C45H66N4O12/c1-12-34-45(8)40(60-43(54)61-45)27(4)36(48-56-24-35(50)47-20-13-15-30-17-18-32-31(22-30)16-14-19-46-32)25(2)23-44(7,55-11)39(28(5)37(51)29(6)41(53)58-34)59-42-38(52)33(49(9)10)21-26(3)57-42/h14,16-19,22,25-29,33-34,38-40,42,52H,12-13,15,20-21,23-24H2,1-11H3,(H,47,50)/b48-36+/t25-,26-,27+,28+,29-,33+,34-,38-,39-,40-,42+,44+,45-/m1/s1. The Bertz CT molecular complexity index is 1890. The highest BCUT2D eigenvalue weighted by molar-refractivity contribution is 6.00. The van der Waals surface area contributed by atoms with Crippen LogP contribution in [0.3, 0.4) is 0 Å². The van der Waals surface area contributed by atoms with Crippen molar-refractivity contribution in [2.45, 2.75) is 142 Å². The summed E-state index contributed by atoms with van der Waals surface area (Å²) in [5, 5.41) is 20.0. The van der Waals surface area contributed by atoms with Gasteiger partial charge in [-0.05, 0) is 97.7 Å². The van der Waals surface area contributed by atoms with Gasteiger partial charge in [-0.3, -0.25) is 19.4 Å². The van der Waals surface area contributed by atoms with E-state index in [1.54, 1.807) is 40.8 Å². The van der Waals surface area contributed by atoms with Gasteiger partial charge in [0.05, 0.1) is 29.0 Å². The summed E-state index contributed by atoms with van der Waals surface area (Å²) in [7, 11) is 5.23. The van der Waals surface area contributed by atoms with E-state index in [4.69, 9.17) is 33.3 Å². The molecule has 338 valence electrons. The highest BCUT2D eigenvalue weighted by atomic mass is 16.8. The van der Waals surface area contributed by atoms with E-state index in [9.17, 15) is 24.3 Å². The van der Waals surface area contributed by atoms with E-state index in [1.807, 2.05) is 57.1 Å². The van der Waals surface area contributed by atoms with Crippen molar-refractivity contribution in [2.75, 3.05) is 34.4 Å². The van der Waals surface area contributed by atoms with Crippen LogP contribution in [0.5, 0.6) is 0 Å². The molecule has 3 aliphatic rings. The van der Waals surface area contributed by atoms with Gasteiger partial charge in [0.1, 0.15) is 18.1 Å². The van der Waals surface area contributed by atoms with Crippen LogP contribution in [-0.2, 0) is 54.1 Å². The van der Waals surface area contributed by atoms with E-state index in [1.165, 1.54) is 14.0 Å². The number of aliphatic hydroxyl groups excluding tert-OH is 1. The zero-order valence-corrected chi connectivity index (χ0v) is 37.5. The zero-order valence-electron chi connectivity index (χ0n) is 37.5. The largest absolute Gasteiger partial charge is 0.509 e. The second-order valence-corrected chi connectivity index (χ2v) is 17.6. The highest BCUT2D eigenvalue weighted by Gasteiger charge is 2.59. The second-order valence-electron chi connectivity index (χ2n) is 17.6. The van der Waals surface area contributed by atoms with Gasteiger partial charge in [0.25, 0.3) is 5.91 Å². The molecule has 0 bridgehead atoms. The second kappa shape index (κ2) is 20.3. The van der Waals surface area contributed by atoms with Crippen LogP contribution in [0, 0.1) is 23.7 Å². The van der Waals surface area contributed by atoms with Gasteiger partial charge < -0.3 is 48.6 Å². The molecule has 0 spiro atoms. The Hall–Kier alpha value is -4.22. The number of hydrogen-bond acceptors (Lipinski definition) is 15. The van der Waals surface area contributed by atoms with Crippen LogP contribution in [0.1, 0.15) is 86.6 Å². The Balaban J connectivity index is 1.43. The van der Waals surface area contributed by atoms with Gasteiger partial charge in [-0.1, -0.05) is 45.0 Å². The number of pyridine rings is 1. The number of benzene rings is 1. The summed E-state index contributed by atoms with van der Waals surface area (Å²) < 4.78 is 36.7. The number of rotatable bonds is 12. The Morgan fingerprint density at radius 2 is 1.80 bits per heavy atom. The predicted molar refractivity (Wildman–Crippen MR) is 225 cm³/mol. The smallest absolute Gasteiger partial charge is 0.457 e. The van der Waals surface area contributed by atoms with Gasteiger partial charge >= 0.3 is 12.1 Å². The van der Waals surface area contributed by atoms with Crippen molar-refractivity contribution in [1.29, 1.82) is 0 Å². The third-order valence-corrected chi connectivity index (χ3v) is 12.8.